The zero-order valence-electron chi connectivity index (χ0n) is 10.8. The number of benzene rings is 1. The van der Waals surface area contributed by atoms with Crippen LogP contribution in [0, 0.1) is 0 Å². The van der Waals surface area contributed by atoms with Crippen molar-refractivity contribution in [3.05, 3.63) is 35.8 Å². The van der Waals surface area contributed by atoms with Crippen molar-refractivity contribution in [2.45, 2.75) is 12.5 Å². The Morgan fingerprint density at radius 1 is 1.40 bits per heavy atom. The smallest absolute Gasteiger partial charge is 0.321 e. The Balaban J connectivity index is 1.65. The van der Waals surface area contributed by atoms with Gasteiger partial charge >= 0.3 is 6.03 Å². The van der Waals surface area contributed by atoms with E-state index in [9.17, 15) is 9.90 Å². The van der Waals surface area contributed by atoms with Crippen molar-refractivity contribution < 1.29 is 9.90 Å². The molecule has 1 unspecified atom stereocenters. The zero-order chi connectivity index (χ0) is 13.9. The summed E-state index contributed by atoms with van der Waals surface area (Å²) < 4.78 is 0. The summed E-state index contributed by atoms with van der Waals surface area (Å²) in [7, 11) is 0. The Morgan fingerprint density at radius 3 is 2.80 bits per heavy atom. The summed E-state index contributed by atoms with van der Waals surface area (Å²) >= 11 is 1.58. The third-order valence-electron chi connectivity index (χ3n) is 3.27. The predicted octanol–water partition coefficient (Wildman–Crippen LogP) is 2.41. The van der Waals surface area contributed by atoms with E-state index in [2.05, 4.69) is 10.3 Å². The van der Waals surface area contributed by atoms with Crippen molar-refractivity contribution in [3.63, 3.8) is 0 Å². The van der Waals surface area contributed by atoms with Gasteiger partial charge in [-0.1, -0.05) is 0 Å². The zero-order valence-corrected chi connectivity index (χ0v) is 11.6. The lowest BCUT2D eigenvalue weighted by molar-refractivity contribution is 0.176. The van der Waals surface area contributed by atoms with Gasteiger partial charge in [0.05, 0.1) is 6.10 Å². The average Bonchev–Trinajstić information content (AvgIpc) is 3.10. The van der Waals surface area contributed by atoms with Crippen LogP contribution in [0.1, 0.15) is 6.42 Å². The third-order valence-corrected chi connectivity index (χ3v) is 4.09. The van der Waals surface area contributed by atoms with Gasteiger partial charge in [-0.15, -0.1) is 11.3 Å². The van der Waals surface area contributed by atoms with Crippen molar-refractivity contribution in [3.8, 4) is 10.6 Å². The molecule has 0 radical (unpaired) electrons. The van der Waals surface area contributed by atoms with Gasteiger partial charge in [0.1, 0.15) is 5.01 Å². The van der Waals surface area contributed by atoms with Gasteiger partial charge in [0.25, 0.3) is 0 Å². The molecule has 1 atom stereocenters. The van der Waals surface area contributed by atoms with Crippen LogP contribution < -0.4 is 5.32 Å². The van der Waals surface area contributed by atoms with Gasteiger partial charge in [-0.3, -0.25) is 0 Å². The molecule has 1 fully saturated rings. The minimum Gasteiger partial charge on any atom is -0.391 e. The van der Waals surface area contributed by atoms with Crippen LogP contribution in [-0.4, -0.2) is 40.2 Å². The molecule has 1 aromatic heterocycles. The largest absolute Gasteiger partial charge is 0.391 e. The minimum atomic E-state index is -0.395. The second kappa shape index (κ2) is 5.60. The first-order valence-electron chi connectivity index (χ1n) is 6.46. The fraction of sp³-hybridized carbons (Fsp3) is 0.286. The van der Waals surface area contributed by atoms with Gasteiger partial charge in [-0.05, 0) is 30.7 Å². The number of urea groups is 1. The van der Waals surface area contributed by atoms with Crippen LogP contribution >= 0.6 is 11.3 Å². The minimum absolute atomic E-state index is 0.163. The second-order valence-electron chi connectivity index (χ2n) is 4.73. The number of likely N-dealkylation sites (tertiary alicyclic amines) is 1. The number of carbonyl (C=O) groups excluding carboxylic acids is 1. The topological polar surface area (TPSA) is 65.5 Å². The molecule has 2 amide bonds. The highest BCUT2D eigenvalue weighted by molar-refractivity contribution is 7.13. The maximum absolute atomic E-state index is 12.0. The van der Waals surface area contributed by atoms with Gasteiger partial charge in [0, 0.05) is 35.9 Å². The number of anilines is 1. The second-order valence-corrected chi connectivity index (χ2v) is 5.63. The molecular formula is C14H15N3O2S. The lowest BCUT2D eigenvalue weighted by atomic mass is 10.2. The molecule has 1 aliphatic heterocycles. The van der Waals surface area contributed by atoms with Crippen LogP contribution in [0.5, 0.6) is 0 Å². The molecule has 0 bridgehead atoms. The van der Waals surface area contributed by atoms with Crippen molar-refractivity contribution in [2.24, 2.45) is 0 Å². The molecule has 104 valence electrons. The number of hydrogen-bond acceptors (Lipinski definition) is 4. The number of aromatic nitrogens is 1. The number of nitrogens with one attached hydrogen (secondary N) is 1. The van der Waals surface area contributed by atoms with Gasteiger partial charge in [-0.25, -0.2) is 9.78 Å². The number of β-amino-alcohol motifs (C(OH)–C–C–N with tert-alkyl or cyclic N) is 1. The molecule has 2 N–H and O–H groups in total. The highest BCUT2D eigenvalue weighted by atomic mass is 32.1. The first kappa shape index (κ1) is 13.1. The summed E-state index contributed by atoms with van der Waals surface area (Å²) in [5.41, 5.74) is 1.78. The van der Waals surface area contributed by atoms with Crippen LogP contribution in [0.4, 0.5) is 10.5 Å². The molecule has 2 aromatic rings. The fourth-order valence-corrected chi connectivity index (χ4v) is 2.84. The first-order valence-corrected chi connectivity index (χ1v) is 7.34. The quantitative estimate of drug-likeness (QED) is 0.892. The molecule has 20 heavy (non-hydrogen) atoms. The van der Waals surface area contributed by atoms with Gasteiger partial charge in [0.2, 0.25) is 0 Å². The number of aliphatic hydroxyl groups is 1. The van der Waals surface area contributed by atoms with Gasteiger partial charge in [-0.2, -0.15) is 0 Å². The number of hydrogen-bond donors (Lipinski definition) is 2. The molecule has 1 aromatic carbocycles. The van der Waals surface area contributed by atoms with Crippen LogP contribution in [0.15, 0.2) is 35.8 Å². The number of thiazole rings is 1. The van der Waals surface area contributed by atoms with E-state index in [-0.39, 0.29) is 6.03 Å². The molecule has 2 heterocycles. The van der Waals surface area contributed by atoms with E-state index in [0.717, 1.165) is 16.3 Å². The monoisotopic (exact) mass is 289 g/mol. The lowest BCUT2D eigenvalue weighted by Gasteiger charge is -2.16. The Kier molecular flexibility index (Phi) is 3.66. The highest BCUT2D eigenvalue weighted by Crippen LogP contribution is 2.23. The molecule has 5 nitrogen and oxygen atoms in total. The Morgan fingerprint density at radius 2 is 2.20 bits per heavy atom. The van der Waals surface area contributed by atoms with E-state index in [0.29, 0.717) is 19.5 Å². The lowest BCUT2D eigenvalue weighted by Crippen LogP contribution is -2.33. The SMILES string of the molecule is O=C(Nc1ccc(-c2nccs2)cc1)N1CCC(O)C1. The first-order chi connectivity index (χ1) is 9.72. The molecule has 0 spiro atoms. The van der Waals surface area contributed by atoms with E-state index in [1.165, 1.54) is 0 Å². The molecule has 6 heteroatoms. The van der Waals surface area contributed by atoms with E-state index in [1.54, 1.807) is 22.4 Å². The molecule has 0 aliphatic carbocycles. The van der Waals surface area contributed by atoms with Crippen LogP contribution in [-0.2, 0) is 0 Å². The summed E-state index contributed by atoms with van der Waals surface area (Å²) in [5, 5.41) is 15.2. The third kappa shape index (κ3) is 2.81. The Bertz CT molecular complexity index is 583. The van der Waals surface area contributed by atoms with E-state index in [1.807, 2.05) is 29.6 Å². The maximum atomic E-state index is 12.0. The van der Waals surface area contributed by atoms with Crippen molar-refractivity contribution in [1.82, 2.24) is 9.88 Å². The number of carbonyl (C=O) groups is 1. The fourth-order valence-electron chi connectivity index (χ4n) is 2.19. The molecule has 1 saturated heterocycles. The number of amides is 2. The predicted molar refractivity (Wildman–Crippen MR) is 78.8 cm³/mol. The van der Waals surface area contributed by atoms with Crippen molar-refractivity contribution in [2.75, 3.05) is 18.4 Å². The van der Waals surface area contributed by atoms with Crippen molar-refractivity contribution >= 4 is 23.1 Å². The van der Waals surface area contributed by atoms with Gasteiger partial charge in [0.15, 0.2) is 0 Å². The van der Waals surface area contributed by atoms with Crippen molar-refractivity contribution in [1.29, 1.82) is 0 Å². The Hall–Kier alpha value is -1.92. The summed E-state index contributed by atoms with van der Waals surface area (Å²) in [6.07, 6.45) is 2.03. The number of nitrogens with zero attached hydrogens (tertiary/aromatic N) is 2. The standard InChI is InChI=1S/C14H15N3O2S/c18-12-5-7-17(9-12)14(19)16-11-3-1-10(2-4-11)13-15-6-8-20-13/h1-4,6,8,12,18H,5,7,9H2,(H,16,19). The van der Waals surface area contributed by atoms with Gasteiger partial charge < -0.3 is 15.3 Å². The number of aliphatic hydroxyl groups excluding tert-OH is 1. The summed E-state index contributed by atoms with van der Waals surface area (Å²) in [6.45, 7) is 1.01. The molecule has 3 rings (SSSR count). The van der Waals surface area contributed by atoms with E-state index in [4.69, 9.17) is 0 Å². The summed E-state index contributed by atoms with van der Waals surface area (Å²) in [5.74, 6) is 0. The molecule has 1 aliphatic rings. The highest BCUT2D eigenvalue weighted by Gasteiger charge is 2.24. The summed E-state index contributed by atoms with van der Waals surface area (Å²) in [6, 6.07) is 7.44. The van der Waals surface area contributed by atoms with Crippen LogP contribution in [0.25, 0.3) is 10.6 Å². The molecular weight excluding hydrogens is 274 g/mol. The van der Waals surface area contributed by atoms with E-state index < -0.39 is 6.10 Å². The average molecular weight is 289 g/mol. The number of rotatable bonds is 2. The van der Waals surface area contributed by atoms with Crippen LogP contribution in [0.2, 0.25) is 0 Å². The van der Waals surface area contributed by atoms with E-state index >= 15 is 0 Å². The Labute approximate surface area is 120 Å². The summed E-state index contributed by atoms with van der Waals surface area (Å²) in [4.78, 5) is 17.8. The maximum Gasteiger partial charge on any atom is 0.321 e. The normalized spacial score (nSPS) is 18.2. The van der Waals surface area contributed by atoms with Crippen LogP contribution in [0.3, 0.4) is 0 Å². The molecule has 0 saturated carbocycles.